The molecule has 1 aromatic rings. The van der Waals surface area contributed by atoms with Crippen molar-refractivity contribution in [2.45, 2.75) is 31.0 Å². The Morgan fingerprint density at radius 3 is 2.61 bits per heavy atom. The second-order valence-corrected chi connectivity index (χ2v) is 8.11. The first-order valence-corrected chi connectivity index (χ1v) is 9.79. The molecule has 0 radical (unpaired) electrons. The standard InChI is InChI=1S/C20H23N3O5/c1-27-20(26)16-13-8-22(9-14(13)16)19(25)18-17(11-3-2-6-21-7-11)23(12-4-5-12)15(24)10-28-18/h2-3,6-7,12-14,16-18H,4-5,8-10H2,1H3/t13-,14+,16?,17-,18+/m1/s1. The van der Waals surface area contributed by atoms with Gasteiger partial charge in [0.15, 0.2) is 6.10 Å². The molecule has 4 fully saturated rings. The molecule has 8 heteroatoms. The number of esters is 1. The van der Waals surface area contributed by atoms with E-state index in [-0.39, 0.29) is 48.2 Å². The molecular formula is C20H23N3O5. The van der Waals surface area contributed by atoms with Crippen molar-refractivity contribution in [1.82, 2.24) is 14.8 Å². The summed E-state index contributed by atoms with van der Waals surface area (Å²) in [6.07, 6.45) is 4.55. The van der Waals surface area contributed by atoms with Gasteiger partial charge in [-0.3, -0.25) is 19.4 Å². The molecule has 2 saturated heterocycles. The molecular weight excluding hydrogens is 362 g/mol. The third-order valence-corrected chi connectivity index (χ3v) is 6.45. The summed E-state index contributed by atoms with van der Waals surface area (Å²) in [6.45, 7) is 1.01. The SMILES string of the molecule is COC(=O)C1[C@H]2CN(C(=O)[C@H]3OCC(=O)N(C4CC4)[C@@H]3c3cccnc3)C[C@@H]12. The fourth-order valence-electron chi connectivity index (χ4n) is 4.88. The number of hydrogen-bond acceptors (Lipinski definition) is 6. The number of fused-ring (bicyclic) bond motifs is 1. The van der Waals surface area contributed by atoms with Gasteiger partial charge in [-0.05, 0) is 36.3 Å². The molecule has 0 N–H and O–H groups in total. The maximum absolute atomic E-state index is 13.3. The number of carbonyl (C=O) groups excluding carboxylic acids is 3. The predicted octanol–water partition coefficient (Wildman–Crippen LogP) is 0.390. The molecule has 0 aromatic carbocycles. The zero-order chi connectivity index (χ0) is 19.4. The molecule has 2 aliphatic heterocycles. The second-order valence-electron chi connectivity index (χ2n) is 8.11. The minimum absolute atomic E-state index is 0.0737. The fraction of sp³-hybridized carbons (Fsp3) is 0.600. The first-order valence-electron chi connectivity index (χ1n) is 9.79. The number of rotatable bonds is 4. The summed E-state index contributed by atoms with van der Waals surface area (Å²) in [5.74, 6) is -0.0935. The van der Waals surface area contributed by atoms with Crippen LogP contribution in [0.5, 0.6) is 0 Å². The van der Waals surface area contributed by atoms with E-state index in [1.807, 2.05) is 17.0 Å². The molecule has 148 valence electrons. The molecule has 2 amide bonds. The van der Waals surface area contributed by atoms with Gasteiger partial charge in [0.1, 0.15) is 6.61 Å². The van der Waals surface area contributed by atoms with Crippen LogP contribution in [0.1, 0.15) is 24.4 Å². The number of morpholine rings is 1. The highest BCUT2D eigenvalue weighted by atomic mass is 16.5. The number of ether oxygens (including phenoxy) is 2. The van der Waals surface area contributed by atoms with Gasteiger partial charge in [-0.2, -0.15) is 0 Å². The molecule has 5 rings (SSSR count). The number of aromatic nitrogens is 1. The van der Waals surface area contributed by atoms with Gasteiger partial charge in [0.2, 0.25) is 5.91 Å². The third-order valence-electron chi connectivity index (χ3n) is 6.45. The van der Waals surface area contributed by atoms with Crippen molar-refractivity contribution < 1.29 is 23.9 Å². The Morgan fingerprint density at radius 2 is 2.00 bits per heavy atom. The highest BCUT2D eigenvalue weighted by Gasteiger charge is 2.62. The molecule has 28 heavy (non-hydrogen) atoms. The van der Waals surface area contributed by atoms with Gasteiger partial charge >= 0.3 is 5.97 Å². The lowest BCUT2D eigenvalue weighted by Crippen LogP contribution is -2.55. The first kappa shape index (κ1) is 17.6. The Balaban J connectivity index is 1.37. The van der Waals surface area contributed by atoms with Gasteiger partial charge in [-0.1, -0.05) is 6.07 Å². The summed E-state index contributed by atoms with van der Waals surface area (Å²) in [5.41, 5.74) is 0.817. The van der Waals surface area contributed by atoms with E-state index in [2.05, 4.69) is 4.98 Å². The number of piperidine rings is 1. The van der Waals surface area contributed by atoms with E-state index in [1.54, 1.807) is 17.3 Å². The molecule has 1 aromatic heterocycles. The fourth-order valence-corrected chi connectivity index (χ4v) is 4.88. The lowest BCUT2D eigenvalue weighted by molar-refractivity contribution is -0.170. The van der Waals surface area contributed by atoms with Crippen molar-refractivity contribution in [1.29, 1.82) is 0 Å². The van der Waals surface area contributed by atoms with Crippen LogP contribution in [0.15, 0.2) is 24.5 Å². The number of methoxy groups -OCH3 is 1. The smallest absolute Gasteiger partial charge is 0.309 e. The van der Waals surface area contributed by atoms with Crippen LogP contribution in [0.3, 0.4) is 0 Å². The average molecular weight is 385 g/mol. The van der Waals surface area contributed by atoms with Gasteiger partial charge in [-0.15, -0.1) is 0 Å². The van der Waals surface area contributed by atoms with Crippen molar-refractivity contribution in [2.24, 2.45) is 17.8 Å². The van der Waals surface area contributed by atoms with Gasteiger partial charge in [0, 0.05) is 31.5 Å². The highest BCUT2D eigenvalue weighted by Crippen LogP contribution is 2.52. The predicted molar refractivity (Wildman–Crippen MR) is 95.7 cm³/mol. The van der Waals surface area contributed by atoms with Gasteiger partial charge < -0.3 is 19.3 Å². The molecule has 0 bridgehead atoms. The average Bonchev–Trinajstić information content (AvgIpc) is 3.64. The van der Waals surface area contributed by atoms with Crippen LogP contribution < -0.4 is 0 Å². The Morgan fingerprint density at radius 1 is 1.25 bits per heavy atom. The summed E-state index contributed by atoms with van der Waals surface area (Å²) in [6, 6.07) is 3.42. The number of nitrogens with zero attached hydrogens (tertiary/aromatic N) is 3. The number of hydrogen-bond donors (Lipinski definition) is 0. The second kappa shape index (κ2) is 6.55. The van der Waals surface area contributed by atoms with E-state index >= 15 is 0 Å². The molecule has 0 spiro atoms. The lowest BCUT2D eigenvalue weighted by atomic mass is 9.97. The van der Waals surface area contributed by atoms with Crippen LogP contribution in [0.4, 0.5) is 0 Å². The maximum Gasteiger partial charge on any atom is 0.309 e. The third kappa shape index (κ3) is 2.78. The van der Waals surface area contributed by atoms with Crippen LogP contribution in [0, 0.1) is 17.8 Å². The number of likely N-dealkylation sites (tertiary alicyclic amines) is 1. The molecule has 3 heterocycles. The van der Waals surface area contributed by atoms with Crippen molar-refractivity contribution in [3.8, 4) is 0 Å². The Kier molecular flexibility index (Phi) is 4.12. The molecule has 2 aliphatic carbocycles. The molecule has 4 aliphatic rings. The van der Waals surface area contributed by atoms with E-state index in [4.69, 9.17) is 9.47 Å². The summed E-state index contributed by atoms with van der Waals surface area (Å²) in [4.78, 5) is 45.4. The van der Waals surface area contributed by atoms with E-state index in [0.29, 0.717) is 13.1 Å². The summed E-state index contributed by atoms with van der Waals surface area (Å²) in [7, 11) is 1.40. The Labute approximate surface area is 162 Å². The summed E-state index contributed by atoms with van der Waals surface area (Å²) in [5, 5.41) is 0. The zero-order valence-electron chi connectivity index (χ0n) is 15.7. The zero-order valence-corrected chi connectivity index (χ0v) is 15.7. The van der Waals surface area contributed by atoms with E-state index < -0.39 is 12.1 Å². The largest absolute Gasteiger partial charge is 0.469 e. The normalized spacial score (nSPS) is 34.2. The first-order chi connectivity index (χ1) is 13.6. The van der Waals surface area contributed by atoms with Crippen LogP contribution in [0.2, 0.25) is 0 Å². The molecule has 1 unspecified atom stereocenters. The van der Waals surface area contributed by atoms with E-state index in [9.17, 15) is 14.4 Å². The minimum atomic E-state index is -0.739. The van der Waals surface area contributed by atoms with Crippen molar-refractivity contribution in [3.05, 3.63) is 30.1 Å². The Hall–Kier alpha value is -2.48. The van der Waals surface area contributed by atoms with Crippen LogP contribution in [0.25, 0.3) is 0 Å². The number of pyridine rings is 1. The quantitative estimate of drug-likeness (QED) is 0.697. The van der Waals surface area contributed by atoms with Crippen molar-refractivity contribution >= 4 is 17.8 Å². The monoisotopic (exact) mass is 385 g/mol. The maximum atomic E-state index is 13.3. The molecule has 2 saturated carbocycles. The minimum Gasteiger partial charge on any atom is -0.469 e. The van der Waals surface area contributed by atoms with Gasteiger partial charge in [0.05, 0.1) is 19.1 Å². The Bertz CT molecular complexity index is 799. The van der Waals surface area contributed by atoms with E-state index in [1.165, 1.54) is 7.11 Å². The summed E-state index contributed by atoms with van der Waals surface area (Å²) < 4.78 is 10.6. The molecule has 8 nitrogen and oxygen atoms in total. The van der Waals surface area contributed by atoms with Crippen LogP contribution >= 0.6 is 0 Å². The molecule has 5 atom stereocenters. The topological polar surface area (TPSA) is 89.0 Å². The lowest BCUT2D eigenvalue weighted by Gasteiger charge is -2.42. The van der Waals surface area contributed by atoms with Gasteiger partial charge in [0.25, 0.3) is 5.91 Å². The van der Waals surface area contributed by atoms with Crippen LogP contribution in [-0.4, -0.2) is 71.5 Å². The van der Waals surface area contributed by atoms with Crippen molar-refractivity contribution in [3.63, 3.8) is 0 Å². The number of amides is 2. The van der Waals surface area contributed by atoms with Crippen LogP contribution in [-0.2, 0) is 23.9 Å². The van der Waals surface area contributed by atoms with E-state index in [0.717, 1.165) is 18.4 Å². The number of carbonyl (C=O) groups is 3. The van der Waals surface area contributed by atoms with Gasteiger partial charge in [-0.25, -0.2) is 0 Å². The summed E-state index contributed by atoms with van der Waals surface area (Å²) >= 11 is 0. The van der Waals surface area contributed by atoms with Crippen molar-refractivity contribution in [2.75, 3.05) is 26.8 Å². The highest BCUT2D eigenvalue weighted by molar-refractivity contribution is 5.87.